The van der Waals surface area contributed by atoms with Crippen molar-refractivity contribution in [3.63, 3.8) is 0 Å². The average Bonchev–Trinajstić information content (AvgIpc) is 3.15. The number of amides is 2. The van der Waals surface area contributed by atoms with Crippen LogP contribution in [0.3, 0.4) is 0 Å². The molecule has 5 aromatic carbocycles. The second-order valence-corrected chi connectivity index (χ2v) is 13.2. The fraction of sp³-hybridized carbons (Fsp3) is 0.190. The van der Waals surface area contributed by atoms with Gasteiger partial charge >= 0.3 is 12.1 Å². The highest BCUT2D eigenvalue weighted by molar-refractivity contribution is 6.05. The van der Waals surface area contributed by atoms with Gasteiger partial charge in [0.1, 0.15) is 19.0 Å². The van der Waals surface area contributed by atoms with Crippen molar-refractivity contribution >= 4 is 29.5 Å². The Kier molecular flexibility index (Phi) is 12.0. The van der Waals surface area contributed by atoms with Gasteiger partial charge in [-0.25, -0.2) is 9.59 Å². The molecule has 0 atom stereocenters. The van der Waals surface area contributed by atoms with Gasteiger partial charge in [-0.3, -0.25) is 15.5 Å². The van der Waals surface area contributed by atoms with E-state index in [0.717, 1.165) is 27.9 Å². The molecule has 260 valence electrons. The summed E-state index contributed by atoms with van der Waals surface area (Å²) in [7, 11) is 0. The molecular formula is C42H42N4O5. The summed E-state index contributed by atoms with van der Waals surface area (Å²) >= 11 is 0. The SMILES string of the molecule is CC(C)(C)CNC(=O)c1ccc(-c2ccccc2CNc2ccc(C(=N)NC(=O)OCc3ccccc3)cc2)c(C(=O)OCc2ccccc2)c1. The molecule has 0 unspecified atom stereocenters. The molecule has 0 aliphatic rings. The molecule has 0 aromatic heterocycles. The highest BCUT2D eigenvalue weighted by Crippen LogP contribution is 2.30. The number of rotatable bonds is 12. The third-order valence-electron chi connectivity index (χ3n) is 7.90. The first-order valence-electron chi connectivity index (χ1n) is 16.7. The van der Waals surface area contributed by atoms with Crippen LogP contribution < -0.4 is 16.0 Å². The summed E-state index contributed by atoms with van der Waals surface area (Å²) in [6.07, 6.45) is -0.704. The van der Waals surface area contributed by atoms with Crippen LogP contribution in [0.5, 0.6) is 0 Å². The predicted octanol–water partition coefficient (Wildman–Crippen LogP) is 8.35. The first kappa shape index (κ1) is 36.1. The summed E-state index contributed by atoms with van der Waals surface area (Å²) in [6, 6.07) is 38.7. The molecule has 0 aliphatic heterocycles. The fourth-order valence-electron chi connectivity index (χ4n) is 5.16. The summed E-state index contributed by atoms with van der Waals surface area (Å²) in [5, 5.41) is 17.1. The Hall–Kier alpha value is -6.22. The van der Waals surface area contributed by atoms with Crippen LogP contribution in [0.4, 0.5) is 10.5 Å². The Morgan fingerprint density at radius 2 is 1.25 bits per heavy atom. The van der Waals surface area contributed by atoms with Gasteiger partial charge in [0.15, 0.2) is 0 Å². The molecule has 0 saturated carbocycles. The van der Waals surface area contributed by atoms with Crippen molar-refractivity contribution in [2.45, 2.75) is 40.5 Å². The fourth-order valence-corrected chi connectivity index (χ4v) is 5.16. The van der Waals surface area contributed by atoms with Gasteiger partial charge in [0.2, 0.25) is 0 Å². The van der Waals surface area contributed by atoms with Gasteiger partial charge in [-0.2, -0.15) is 0 Å². The monoisotopic (exact) mass is 682 g/mol. The number of hydrogen-bond acceptors (Lipinski definition) is 7. The topological polar surface area (TPSA) is 130 Å². The van der Waals surface area contributed by atoms with E-state index in [1.807, 2.05) is 118 Å². The van der Waals surface area contributed by atoms with Gasteiger partial charge in [-0.15, -0.1) is 0 Å². The van der Waals surface area contributed by atoms with Crippen LogP contribution in [-0.4, -0.2) is 30.4 Å². The van der Waals surface area contributed by atoms with Crippen LogP contribution in [0.2, 0.25) is 0 Å². The van der Waals surface area contributed by atoms with Gasteiger partial charge in [0, 0.05) is 29.9 Å². The van der Waals surface area contributed by atoms with Crippen molar-refractivity contribution < 1.29 is 23.9 Å². The zero-order valence-corrected chi connectivity index (χ0v) is 29.0. The number of carbonyl (C=O) groups excluding carboxylic acids is 3. The zero-order chi connectivity index (χ0) is 36.2. The van der Waals surface area contributed by atoms with Gasteiger partial charge < -0.3 is 20.1 Å². The molecule has 0 aliphatic carbocycles. The molecule has 0 spiro atoms. The third-order valence-corrected chi connectivity index (χ3v) is 7.90. The maximum atomic E-state index is 13.6. The second-order valence-electron chi connectivity index (χ2n) is 13.2. The van der Waals surface area contributed by atoms with Crippen molar-refractivity contribution in [3.05, 3.63) is 161 Å². The van der Waals surface area contributed by atoms with Crippen molar-refractivity contribution in [2.75, 3.05) is 11.9 Å². The predicted molar refractivity (Wildman–Crippen MR) is 200 cm³/mol. The lowest BCUT2D eigenvalue weighted by Gasteiger charge is -2.19. The number of hydrogen-bond donors (Lipinski definition) is 4. The third kappa shape index (κ3) is 10.6. The summed E-state index contributed by atoms with van der Waals surface area (Å²) in [6.45, 7) is 7.23. The van der Waals surface area contributed by atoms with Gasteiger partial charge in [0.05, 0.1) is 5.56 Å². The van der Waals surface area contributed by atoms with Gasteiger partial charge in [0.25, 0.3) is 5.91 Å². The molecule has 51 heavy (non-hydrogen) atoms. The van der Waals surface area contributed by atoms with Gasteiger partial charge in [-0.1, -0.05) is 112 Å². The molecular weight excluding hydrogens is 640 g/mol. The first-order chi connectivity index (χ1) is 24.6. The Bertz CT molecular complexity index is 1970. The van der Waals surface area contributed by atoms with Gasteiger partial charge in [-0.05, 0) is 69.6 Å². The zero-order valence-electron chi connectivity index (χ0n) is 29.0. The lowest BCUT2D eigenvalue weighted by Crippen LogP contribution is -2.32. The van der Waals surface area contributed by atoms with E-state index in [9.17, 15) is 14.4 Å². The molecule has 0 heterocycles. The minimum absolute atomic E-state index is 0.0767. The molecule has 9 heteroatoms. The smallest absolute Gasteiger partial charge is 0.413 e. The van der Waals surface area contributed by atoms with Crippen LogP contribution in [0, 0.1) is 10.8 Å². The summed E-state index contributed by atoms with van der Waals surface area (Å²) in [4.78, 5) is 39.0. The number of nitrogens with one attached hydrogen (secondary N) is 4. The van der Waals surface area contributed by atoms with Crippen molar-refractivity contribution in [1.82, 2.24) is 10.6 Å². The number of benzene rings is 5. The molecule has 0 saturated heterocycles. The molecule has 0 radical (unpaired) electrons. The Morgan fingerprint density at radius 3 is 1.90 bits per heavy atom. The number of anilines is 1. The molecule has 5 rings (SSSR count). The molecule has 4 N–H and O–H groups in total. The highest BCUT2D eigenvalue weighted by atomic mass is 16.5. The van der Waals surface area contributed by atoms with E-state index >= 15 is 0 Å². The number of carbonyl (C=O) groups is 3. The van der Waals surface area contributed by atoms with Crippen LogP contribution in [0.15, 0.2) is 127 Å². The Morgan fingerprint density at radius 1 is 0.667 bits per heavy atom. The molecule has 0 bridgehead atoms. The minimum Gasteiger partial charge on any atom is -0.457 e. The van der Waals surface area contributed by atoms with Crippen LogP contribution in [0.1, 0.15) is 63.7 Å². The average molecular weight is 683 g/mol. The minimum atomic E-state index is -0.704. The molecule has 2 amide bonds. The number of amidine groups is 1. The summed E-state index contributed by atoms with van der Waals surface area (Å²) < 4.78 is 11.0. The van der Waals surface area contributed by atoms with E-state index in [2.05, 4.69) is 16.0 Å². The molecule has 5 aromatic rings. The number of alkyl carbamates (subject to hydrolysis) is 1. The van der Waals surface area contributed by atoms with E-state index in [-0.39, 0.29) is 30.4 Å². The van der Waals surface area contributed by atoms with E-state index in [1.54, 1.807) is 30.3 Å². The van der Waals surface area contributed by atoms with E-state index in [0.29, 0.717) is 35.3 Å². The largest absolute Gasteiger partial charge is 0.457 e. The maximum Gasteiger partial charge on any atom is 0.413 e. The highest BCUT2D eigenvalue weighted by Gasteiger charge is 2.21. The normalized spacial score (nSPS) is 10.9. The van der Waals surface area contributed by atoms with Crippen LogP contribution in [-0.2, 0) is 29.2 Å². The lowest BCUT2D eigenvalue weighted by molar-refractivity contribution is 0.0473. The number of esters is 1. The standard InChI is InChI=1S/C42H42N4O5/c1-42(2,3)28-45-39(47)32-20-23-36(37(24-32)40(48)50-26-29-12-6-4-7-13-29)35-17-11-10-16-33(35)25-44-34-21-18-31(19-22-34)38(43)46-41(49)51-27-30-14-8-5-9-15-30/h4-24,44H,25-28H2,1-3H3,(H,45,47)(H2,43,46,49). The van der Waals surface area contributed by atoms with E-state index in [4.69, 9.17) is 14.9 Å². The Labute approximate surface area is 298 Å². The van der Waals surface area contributed by atoms with Crippen molar-refractivity contribution in [2.24, 2.45) is 5.41 Å². The van der Waals surface area contributed by atoms with Crippen LogP contribution >= 0.6 is 0 Å². The first-order valence-corrected chi connectivity index (χ1v) is 16.7. The summed E-state index contributed by atoms with van der Waals surface area (Å²) in [5.74, 6) is -0.871. The quantitative estimate of drug-likeness (QED) is 0.0595. The number of ether oxygens (including phenoxy) is 2. The second kappa shape index (κ2) is 16.9. The Balaban J connectivity index is 1.29. The van der Waals surface area contributed by atoms with E-state index < -0.39 is 12.1 Å². The van der Waals surface area contributed by atoms with Crippen molar-refractivity contribution in [3.8, 4) is 11.1 Å². The maximum absolute atomic E-state index is 13.6. The van der Waals surface area contributed by atoms with E-state index in [1.165, 1.54) is 0 Å². The summed E-state index contributed by atoms with van der Waals surface area (Å²) in [5.41, 5.74) is 5.95. The molecule has 0 fully saturated rings. The van der Waals surface area contributed by atoms with Crippen LogP contribution in [0.25, 0.3) is 11.1 Å². The molecule has 9 nitrogen and oxygen atoms in total. The lowest BCUT2D eigenvalue weighted by atomic mass is 9.93. The van der Waals surface area contributed by atoms with Crippen molar-refractivity contribution in [1.29, 1.82) is 5.41 Å².